The van der Waals surface area contributed by atoms with Crippen molar-refractivity contribution in [3.8, 4) is 5.75 Å². The largest absolute Gasteiger partial charge is 0.494 e. The van der Waals surface area contributed by atoms with Gasteiger partial charge in [0.2, 0.25) is 10.0 Å². The Balaban J connectivity index is 2.12. The van der Waals surface area contributed by atoms with Crippen LogP contribution in [0.4, 0.5) is 0 Å². The van der Waals surface area contributed by atoms with Gasteiger partial charge in [-0.15, -0.1) is 0 Å². The Morgan fingerprint density at radius 1 is 1.21 bits per heavy atom. The Bertz CT molecular complexity index is 503. The summed E-state index contributed by atoms with van der Waals surface area (Å²) in [7, 11) is -3.31. The second-order valence-corrected chi connectivity index (χ2v) is 6.68. The van der Waals surface area contributed by atoms with Crippen LogP contribution in [-0.2, 0) is 10.0 Å². The first-order valence-corrected chi connectivity index (χ1v) is 8.37. The number of ether oxygens (including phenoxy) is 1. The first-order valence-electron chi connectivity index (χ1n) is 6.28. The predicted octanol–water partition coefficient (Wildman–Crippen LogP) is 2.88. The average Bonchev–Trinajstić information content (AvgIpc) is 2.31. The van der Waals surface area contributed by atoms with Crippen LogP contribution in [0.2, 0.25) is 5.02 Å². The van der Waals surface area contributed by atoms with E-state index < -0.39 is 10.0 Å². The maximum Gasteiger partial charge on any atom is 0.209 e. The van der Waals surface area contributed by atoms with Gasteiger partial charge in [0.15, 0.2) is 0 Å². The Kier molecular flexibility index (Phi) is 6.62. The van der Waals surface area contributed by atoms with E-state index in [4.69, 9.17) is 21.5 Å². The van der Waals surface area contributed by atoms with Crippen molar-refractivity contribution < 1.29 is 13.2 Å². The molecule has 0 aromatic heterocycles. The van der Waals surface area contributed by atoms with E-state index in [2.05, 4.69) is 0 Å². The van der Waals surface area contributed by atoms with Crippen molar-refractivity contribution in [2.75, 3.05) is 12.4 Å². The molecular formula is C13H20ClNO3S. The van der Waals surface area contributed by atoms with Crippen molar-refractivity contribution >= 4 is 21.6 Å². The standard InChI is InChI=1S/C13H20ClNO3S/c1-11-10-12(6-7-13(11)14)18-8-4-2-3-5-9-19(15,16)17/h6-7,10H,2-5,8-9H2,1H3,(H2,15,16,17). The van der Waals surface area contributed by atoms with Crippen LogP contribution in [-0.4, -0.2) is 20.8 Å². The third-order valence-corrected chi connectivity index (χ3v) is 4.00. The first kappa shape index (κ1) is 16.3. The fourth-order valence-corrected chi connectivity index (χ4v) is 2.38. The zero-order chi connectivity index (χ0) is 14.3. The minimum atomic E-state index is -3.31. The Morgan fingerprint density at radius 3 is 2.53 bits per heavy atom. The van der Waals surface area contributed by atoms with Crippen molar-refractivity contribution in [3.05, 3.63) is 28.8 Å². The molecule has 0 aliphatic heterocycles. The fourth-order valence-electron chi connectivity index (χ4n) is 1.66. The molecule has 1 aromatic carbocycles. The van der Waals surface area contributed by atoms with E-state index in [1.807, 2.05) is 25.1 Å². The second-order valence-electron chi connectivity index (χ2n) is 4.54. The molecule has 108 valence electrons. The quantitative estimate of drug-likeness (QED) is 0.751. The van der Waals surface area contributed by atoms with Gasteiger partial charge in [-0.3, -0.25) is 0 Å². The van der Waals surface area contributed by atoms with Crippen LogP contribution in [0.3, 0.4) is 0 Å². The molecule has 6 heteroatoms. The molecule has 4 nitrogen and oxygen atoms in total. The summed E-state index contributed by atoms with van der Waals surface area (Å²) in [5.74, 6) is 0.871. The molecule has 0 heterocycles. The van der Waals surface area contributed by atoms with Crippen LogP contribution >= 0.6 is 11.6 Å². The van der Waals surface area contributed by atoms with Crippen LogP contribution in [0.15, 0.2) is 18.2 Å². The highest BCUT2D eigenvalue weighted by Crippen LogP contribution is 2.21. The molecule has 0 aliphatic carbocycles. The lowest BCUT2D eigenvalue weighted by Gasteiger charge is -2.07. The van der Waals surface area contributed by atoms with Crippen molar-refractivity contribution in [1.29, 1.82) is 0 Å². The zero-order valence-corrected chi connectivity index (χ0v) is 12.6. The molecule has 19 heavy (non-hydrogen) atoms. The summed E-state index contributed by atoms with van der Waals surface area (Å²) < 4.78 is 27.0. The molecule has 2 N–H and O–H groups in total. The van der Waals surface area contributed by atoms with Crippen molar-refractivity contribution in [3.63, 3.8) is 0 Å². The van der Waals surface area contributed by atoms with Gasteiger partial charge in [0.25, 0.3) is 0 Å². The van der Waals surface area contributed by atoms with E-state index in [1.165, 1.54) is 0 Å². The number of aryl methyl sites for hydroxylation is 1. The van der Waals surface area contributed by atoms with E-state index in [0.29, 0.717) is 13.0 Å². The molecule has 0 atom stereocenters. The predicted molar refractivity (Wildman–Crippen MR) is 78.1 cm³/mol. The number of rotatable bonds is 8. The third kappa shape index (κ3) is 7.40. The van der Waals surface area contributed by atoms with Gasteiger partial charge in [0, 0.05) is 5.02 Å². The molecule has 0 spiro atoms. The van der Waals surface area contributed by atoms with E-state index in [-0.39, 0.29) is 5.75 Å². The molecule has 1 aromatic rings. The smallest absolute Gasteiger partial charge is 0.209 e. The van der Waals surface area contributed by atoms with Crippen LogP contribution < -0.4 is 9.88 Å². The van der Waals surface area contributed by atoms with Crippen molar-refractivity contribution in [2.24, 2.45) is 5.14 Å². The van der Waals surface area contributed by atoms with Gasteiger partial charge in [-0.2, -0.15) is 0 Å². The second kappa shape index (κ2) is 7.72. The van der Waals surface area contributed by atoms with Gasteiger partial charge in [0.05, 0.1) is 12.4 Å². The molecule has 0 bridgehead atoms. The van der Waals surface area contributed by atoms with Crippen LogP contribution in [0.1, 0.15) is 31.2 Å². The zero-order valence-electron chi connectivity index (χ0n) is 11.1. The van der Waals surface area contributed by atoms with E-state index >= 15 is 0 Å². The molecule has 0 saturated heterocycles. The summed E-state index contributed by atoms with van der Waals surface area (Å²) in [5, 5.41) is 5.65. The molecule has 0 unspecified atom stereocenters. The number of sulfonamides is 1. The third-order valence-electron chi connectivity index (χ3n) is 2.72. The number of hydrogen-bond donors (Lipinski definition) is 1. The van der Waals surface area contributed by atoms with Gasteiger partial charge in [-0.05, 0) is 43.5 Å². The summed E-state index contributed by atoms with van der Waals surface area (Å²) in [6, 6.07) is 5.57. The molecule has 0 fully saturated rings. The molecule has 0 saturated carbocycles. The molecule has 0 amide bonds. The number of benzene rings is 1. The average molecular weight is 306 g/mol. The monoisotopic (exact) mass is 305 g/mol. The first-order chi connectivity index (χ1) is 8.88. The molecule has 0 radical (unpaired) electrons. The van der Waals surface area contributed by atoms with Gasteiger partial charge in [0.1, 0.15) is 5.75 Å². The van der Waals surface area contributed by atoms with E-state index in [1.54, 1.807) is 0 Å². The summed E-state index contributed by atoms with van der Waals surface area (Å²) in [6.07, 6.45) is 3.28. The van der Waals surface area contributed by atoms with Crippen molar-refractivity contribution in [2.45, 2.75) is 32.6 Å². The fraction of sp³-hybridized carbons (Fsp3) is 0.538. The number of unbranched alkanes of at least 4 members (excludes halogenated alkanes) is 3. The lowest BCUT2D eigenvalue weighted by Crippen LogP contribution is -2.16. The number of halogens is 1. The summed E-state index contributed by atoms with van der Waals surface area (Å²) in [6.45, 7) is 2.55. The number of primary sulfonamides is 1. The maximum absolute atomic E-state index is 10.7. The van der Waals surface area contributed by atoms with E-state index in [9.17, 15) is 8.42 Å². The minimum absolute atomic E-state index is 0.0598. The maximum atomic E-state index is 10.7. The highest BCUT2D eigenvalue weighted by atomic mass is 35.5. The topological polar surface area (TPSA) is 69.4 Å². The molecule has 1 rings (SSSR count). The number of hydrogen-bond acceptors (Lipinski definition) is 3. The highest BCUT2D eigenvalue weighted by Gasteiger charge is 2.02. The number of nitrogens with two attached hydrogens (primary N) is 1. The van der Waals surface area contributed by atoms with E-state index in [0.717, 1.165) is 35.6 Å². The Morgan fingerprint density at radius 2 is 1.89 bits per heavy atom. The lowest BCUT2D eigenvalue weighted by atomic mass is 10.2. The SMILES string of the molecule is Cc1cc(OCCCCCCS(N)(=O)=O)ccc1Cl. The van der Waals surface area contributed by atoms with Crippen LogP contribution in [0, 0.1) is 6.92 Å². The summed E-state index contributed by atoms with van der Waals surface area (Å²) >= 11 is 5.92. The normalized spacial score (nSPS) is 11.5. The molecule has 0 aliphatic rings. The van der Waals surface area contributed by atoms with Crippen LogP contribution in [0.25, 0.3) is 0 Å². The summed E-state index contributed by atoms with van der Waals surface area (Å²) in [5.41, 5.74) is 0.993. The highest BCUT2D eigenvalue weighted by molar-refractivity contribution is 7.89. The molecular weight excluding hydrogens is 286 g/mol. The Labute approximate surface area is 120 Å². The van der Waals surface area contributed by atoms with Crippen LogP contribution in [0.5, 0.6) is 5.75 Å². The van der Waals surface area contributed by atoms with Gasteiger partial charge >= 0.3 is 0 Å². The lowest BCUT2D eigenvalue weighted by molar-refractivity contribution is 0.305. The summed E-state index contributed by atoms with van der Waals surface area (Å²) in [4.78, 5) is 0. The van der Waals surface area contributed by atoms with Gasteiger partial charge in [-0.25, -0.2) is 13.6 Å². The minimum Gasteiger partial charge on any atom is -0.494 e. The van der Waals surface area contributed by atoms with Gasteiger partial charge in [-0.1, -0.05) is 24.4 Å². The Hall–Kier alpha value is -0.780. The van der Waals surface area contributed by atoms with Crippen molar-refractivity contribution in [1.82, 2.24) is 0 Å². The van der Waals surface area contributed by atoms with Gasteiger partial charge < -0.3 is 4.74 Å².